The van der Waals surface area contributed by atoms with E-state index in [-0.39, 0.29) is 41.4 Å². The Morgan fingerprint density at radius 1 is 1.39 bits per heavy atom. The average Bonchev–Trinajstić information content (AvgIpc) is 3.06. The lowest BCUT2D eigenvalue weighted by atomic mass is 10.1. The molecule has 3 heterocycles. The first kappa shape index (κ1) is 18.3. The van der Waals surface area contributed by atoms with Gasteiger partial charge >= 0.3 is 5.97 Å². The molecule has 0 saturated carbocycles. The molecule has 1 aromatic carbocycles. The second-order valence-electron chi connectivity index (χ2n) is 7.31. The number of carbonyl (C=O) groups excluding carboxylic acids is 1. The summed E-state index contributed by atoms with van der Waals surface area (Å²) in [6, 6.07) is 0.781. The Morgan fingerprint density at radius 3 is 2.82 bits per heavy atom. The monoisotopic (exact) mass is 389 g/mol. The van der Waals surface area contributed by atoms with Crippen LogP contribution in [0.4, 0.5) is 10.1 Å². The van der Waals surface area contributed by atoms with Gasteiger partial charge in [0.05, 0.1) is 16.9 Å². The number of halogens is 1. The molecule has 2 aromatic rings. The summed E-state index contributed by atoms with van der Waals surface area (Å²) in [5.41, 5.74) is -0.497. The topological polar surface area (TPSA) is 101 Å². The average molecular weight is 389 g/mol. The number of carbonyl (C=O) groups is 2. The van der Waals surface area contributed by atoms with Crippen molar-refractivity contribution in [3.63, 3.8) is 0 Å². The van der Waals surface area contributed by atoms with Gasteiger partial charge in [0.1, 0.15) is 17.9 Å². The molecule has 9 heteroatoms. The molecule has 0 aliphatic carbocycles. The molecule has 1 amide bonds. The molecular formula is C19H20FN3O5. The SMILES string of the molecule is CC(=O)NC1CCN(c2c(F)cc3c(=O)c(C(=O)O)cn4c3c2OCC4C)C1. The molecule has 1 fully saturated rings. The summed E-state index contributed by atoms with van der Waals surface area (Å²) < 4.78 is 22.6. The number of nitrogens with one attached hydrogen (secondary N) is 1. The Labute approximate surface area is 159 Å². The quantitative estimate of drug-likeness (QED) is 0.825. The fraction of sp³-hybridized carbons (Fsp3) is 0.421. The number of amides is 1. The second kappa shape index (κ2) is 6.50. The highest BCUT2D eigenvalue weighted by atomic mass is 19.1. The molecular weight excluding hydrogens is 369 g/mol. The van der Waals surface area contributed by atoms with Crippen molar-refractivity contribution in [2.75, 3.05) is 24.6 Å². The van der Waals surface area contributed by atoms with Crippen molar-refractivity contribution in [1.29, 1.82) is 0 Å². The van der Waals surface area contributed by atoms with Gasteiger partial charge in [-0.2, -0.15) is 0 Å². The zero-order valence-electron chi connectivity index (χ0n) is 15.5. The number of hydrogen-bond donors (Lipinski definition) is 2. The Hall–Kier alpha value is -3.10. The Morgan fingerprint density at radius 2 is 2.14 bits per heavy atom. The molecule has 0 spiro atoms. The lowest BCUT2D eigenvalue weighted by Gasteiger charge is -2.31. The van der Waals surface area contributed by atoms with Gasteiger partial charge in [-0.15, -0.1) is 0 Å². The van der Waals surface area contributed by atoms with Crippen LogP contribution in [0.3, 0.4) is 0 Å². The van der Waals surface area contributed by atoms with E-state index in [0.29, 0.717) is 25.0 Å². The number of rotatable bonds is 3. The molecule has 0 radical (unpaired) electrons. The summed E-state index contributed by atoms with van der Waals surface area (Å²) >= 11 is 0. The maximum Gasteiger partial charge on any atom is 0.341 e. The summed E-state index contributed by atoms with van der Waals surface area (Å²) in [6.45, 7) is 4.45. The van der Waals surface area contributed by atoms with E-state index < -0.39 is 22.8 Å². The van der Waals surface area contributed by atoms with Crippen LogP contribution in [0.2, 0.25) is 0 Å². The molecule has 2 aliphatic rings. The summed E-state index contributed by atoms with van der Waals surface area (Å²) in [5.74, 6) is -1.90. The third kappa shape index (κ3) is 2.78. The number of pyridine rings is 1. The summed E-state index contributed by atoms with van der Waals surface area (Å²) in [6.07, 6.45) is 1.97. The number of aromatic carboxylic acids is 1. The third-order valence-corrected chi connectivity index (χ3v) is 5.28. The number of carboxylic acids is 1. The number of benzene rings is 1. The van der Waals surface area contributed by atoms with E-state index >= 15 is 4.39 Å². The van der Waals surface area contributed by atoms with Gasteiger partial charge in [-0.25, -0.2) is 9.18 Å². The van der Waals surface area contributed by atoms with Crippen LogP contribution in [0.15, 0.2) is 17.1 Å². The minimum Gasteiger partial charge on any atom is -0.487 e. The van der Waals surface area contributed by atoms with Crippen molar-refractivity contribution >= 4 is 28.5 Å². The van der Waals surface area contributed by atoms with Gasteiger partial charge < -0.3 is 24.6 Å². The molecule has 1 saturated heterocycles. The summed E-state index contributed by atoms with van der Waals surface area (Å²) in [4.78, 5) is 37.1. The zero-order chi connectivity index (χ0) is 20.2. The first-order valence-corrected chi connectivity index (χ1v) is 9.07. The van der Waals surface area contributed by atoms with Crippen LogP contribution >= 0.6 is 0 Å². The van der Waals surface area contributed by atoms with Gasteiger partial charge in [0.2, 0.25) is 11.3 Å². The van der Waals surface area contributed by atoms with Gasteiger partial charge in [0.15, 0.2) is 11.6 Å². The normalized spacial score (nSPS) is 20.9. The highest BCUT2D eigenvalue weighted by Gasteiger charge is 2.33. The van der Waals surface area contributed by atoms with E-state index in [4.69, 9.17) is 4.74 Å². The van der Waals surface area contributed by atoms with Crippen LogP contribution in [0.25, 0.3) is 10.9 Å². The standard InChI is InChI=1S/C19H20FN3O5/c1-9-8-28-18-15-12(17(25)13(19(26)27)7-23(9)15)5-14(20)16(18)22-4-3-11(6-22)21-10(2)24/h5,7,9,11H,3-4,6,8H2,1-2H3,(H,21,24)(H,26,27). The number of anilines is 1. The molecule has 148 valence electrons. The van der Waals surface area contributed by atoms with Gasteiger partial charge in [-0.1, -0.05) is 0 Å². The van der Waals surface area contributed by atoms with E-state index in [2.05, 4.69) is 5.32 Å². The first-order chi connectivity index (χ1) is 13.3. The maximum absolute atomic E-state index is 15.1. The van der Waals surface area contributed by atoms with Crippen LogP contribution in [-0.2, 0) is 4.79 Å². The van der Waals surface area contributed by atoms with E-state index in [1.165, 1.54) is 13.1 Å². The van der Waals surface area contributed by atoms with Gasteiger partial charge in [-0.05, 0) is 19.4 Å². The van der Waals surface area contributed by atoms with Crippen molar-refractivity contribution in [3.8, 4) is 5.75 Å². The lowest BCUT2D eigenvalue weighted by Crippen LogP contribution is -2.36. The molecule has 8 nitrogen and oxygen atoms in total. The van der Waals surface area contributed by atoms with Gasteiger partial charge in [-0.3, -0.25) is 9.59 Å². The molecule has 2 aliphatic heterocycles. The van der Waals surface area contributed by atoms with E-state index in [1.54, 1.807) is 9.47 Å². The molecule has 28 heavy (non-hydrogen) atoms. The highest BCUT2D eigenvalue weighted by molar-refractivity contribution is 5.97. The molecule has 2 N–H and O–H groups in total. The van der Waals surface area contributed by atoms with E-state index in [1.807, 2.05) is 6.92 Å². The van der Waals surface area contributed by atoms with Crippen LogP contribution in [0.5, 0.6) is 5.75 Å². The highest BCUT2D eigenvalue weighted by Crippen LogP contribution is 2.42. The van der Waals surface area contributed by atoms with E-state index in [0.717, 1.165) is 6.07 Å². The predicted molar refractivity (Wildman–Crippen MR) is 99.8 cm³/mol. The number of hydrogen-bond acceptors (Lipinski definition) is 5. The Balaban J connectivity index is 1.91. The van der Waals surface area contributed by atoms with Crippen LogP contribution < -0.4 is 20.4 Å². The second-order valence-corrected chi connectivity index (χ2v) is 7.31. The number of ether oxygens (including phenoxy) is 1. The minimum absolute atomic E-state index is 0.0136. The number of nitrogens with zero attached hydrogens (tertiary/aromatic N) is 2. The van der Waals surface area contributed by atoms with Gasteiger partial charge in [0, 0.05) is 32.3 Å². The molecule has 0 bridgehead atoms. The fourth-order valence-corrected chi connectivity index (χ4v) is 4.03. The third-order valence-electron chi connectivity index (χ3n) is 5.28. The Kier molecular flexibility index (Phi) is 4.24. The molecule has 2 atom stereocenters. The fourth-order valence-electron chi connectivity index (χ4n) is 4.03. The lowest BCUT2D eigenvalue weighted by molar-refractivity contribution is -0.119. The van der Waals surface area contributed by atoms with Crippen LogP contribution in [0, 0.1) is 5.82 Å². The van der Waals surface area contributed by atoms with Crippen LogP contribution in [-0.4, -0.2) is 47.3 Å². The molecule has 4 rings (SSSR count). The molecule has 2 unspecified atom stereocenters. The van der Waals surface area contributed by atoms with Crippen molar-refractivity contribution in [2.24, 2.45) is 0 Å². The molecule has 1 aromatic heterocycles. The summed E-state index contributed by atoms with van der Waals surface area (Å²) in [7, 11) is 0. The van der Waals surface area contributed by atoms with Gasteiger partial charge in [0.25, 0.3) is 0 Å². The predicted octanol–water partition coefficient (Wildman–Crippen LogP) is 1.51. The smallest absolute Gasteiger partial charge is 0.341 e. The minimum atomic E-state index is -1.35. The summed E-state index contributed by atoms with van der Waals surface area (Å²) in [5, 5.41) is 12.2. The van der Waals surface area contributed by atoms with Crippen molar-refractivity contribution in [1.82, 2.24) is 9.88 Å². The first-order valence-electron chi connectivity index (χ1n) is 9.07. The van der Waals surface area contributed by atoms with Crippen LogP contribution in [0.1, 0.15) is 36.7 Å². The van der Waals surface area contributed by atoms with Crippen molar-refractivity contribution < 1.29 is 23.8 Å². The maximum atomic E-state index is 15.1. The van der Waals surface area contributed by atoms with Crippen molar-refractivity contribution in [2.45, 2.75) is 32.4 Å². The van der Waals surface area contributed by atoms with Crippen molar-refractivity contribution in [3.05, 3.63) is 33.9 Å². The zero-order valence-corrected chi connectivity index (χ0v) is 15.5. The van der Waals surface area contributed by atoms with E-state index in [9.17, 15) is 19.5 Å². The largest absolute Gasteiger partial charge is 0.487 e. The Bertz CT molecular complexity index is 1060. The number of aromatic nitrogens is 1. The number of carboxylic acid groups (broad SMARTS) is 1.